The molecule has 9 nitrogen and oxygen atoms in total. The predicted molar refractivity (Wildman–Crippen MR) is 116 cm³/mol. The molecular formula is C21H22N4O5S. The number of nitrogens with one attached hydrogen (secondary N) is 1. The van der Waals surface area contributed by atoms with Crippen LogP contribution in [0.3, 0.4) is 0 Å². The van der Waals surface area contributed by atoms with Gasteiger partial charge in [0.05, 0.1) is 35.8 Å². The number of carbonyl (C=O) groups is 2. The standard InChI is InChI=1S/C21H22N4O5S/c1-12-18(20(27)30-2)19(14-5-7-15(8-6-14)25(28)29)24-16(11-31-21(24)23-12)9-17(26)22-10-13-3-4-13/h5-8,11,13,19H,3-4,9-10H2,1-2H3,(H,22,26). The number of hydrogen-bond donors (Lipinski definition) is 1. The number of carbonyl (C=O) groups excluding carboxylic acids is 2. The molecule has 1 unspecified atom stereocenters. The van der Waals surface area contributed by atoms with Gasteiger partial charge in [0.1, 0.15) is 0 Å². The Labute approximate surface area is 183 Å². The number of non-ortho nitro benzene ring substituents is 1. The van der Waals surface area contributed by atoms with Crippen LogP contribution in [-0.4, -0.2) is 40.5 Å². The molecule has 10 heteroatoms. The van der Waals surface area contributed by atoms with Crippen molar-refractivity contribution < 1.29 is 19.2 Å². The SMILES string of the molecule is COC(=O)C1=C(C)N=C2SC=C(CC(=O)NCC3CC3)N2C1c1ccc([N+](=O)[O-])cc1. The molecule has 162 valence electrons. The van der Waals surface area contributed by atoms with Gasteiger partial charge in [-0.2, -0.15) is 0 Å². The molecule has 2 heterocycles. The van der Waals surface area contributed by atoms with Gasteiger partial charge in [-0.05, 0) is 48.8 Å². The summed E-state index contributed by atoms with van der Waals surface area (Å²) >= 11 is 1.38. The quantitative estimate of drug-likeness (QED) is 0.392. The molecule has 1 saturated carbocycles. The summed E-state index contributed by atoms with van der Waals surface area (Å²) in [5.74, 6) is -0.0428. The lowest BCUT2D eigenvalue weighted by Gasteiger charge is -2.36. The van der Waals surface area contributed by atoms with E-state index in [0.717, 1.165) is 12.8 Å². The maximum atomic E-state index is 12.6. The second-order valence-corrected chi connectivity index (χ2v) is 8.49. The highest BCUT2D eigenvalue weighted by atomic mass is 32.2. The Morgan fingerprint density at radius 1 is 1.32 bits per heavy atom. The summed E-state index contributed by atoms with van der Waals surface area (Å²) in [4.78, 5) is 42.1. The molecule has 1 N–H and O–H groups in total. The number of ether oxygens (including phenoxy) is 1. The first-order chi connectivity index (χ1) is 14.9. The fourth-order valence-electron chi connectivity index (χ4n) is 3.64. The van der Waals surface area contributed by atoms with Gasteiger partial charge in [-0.15, -0.1) is 0 Å². The zero-order valence-electron chi connectivity index (χ0n) is 17.2. The van der Waals surface area contributed by atoms with Crippen LogP contribution in [0, 0.1) is 16.0 Å². The summed E-state index contributed by atoms with van der Waals surface area (Å²) in [5.41, 5.74) is 2.20. The number of nitro groups is 1. The first kappa shape index (κ1) is 21.1. The van der Waals surface area contributed by atoms with E-state index in [-0.39, 0.29) is 18.0 Å². The van der Waals surface area contributed by atoms with E-state index in [1.165, 1.54) is 31.0 Å². The van der Waals surface area contributed by atoms with E-state index in [1.807, 2.05) is 10.3 Å². The Bertz CT molecular complexity index is 1030. The maximum absolute atomic E-state index is 12.6. The summed E-state index contributed by atoms with van der Waals surface area (Å²) < 4.78 is 5.00. The molecule has 31 heavy (non-hydrogen) atoms. The Morgan fingerprint density at radius 2 is 2.03 bits per heavy atom. The van der Waals surface area contributed by atoms with E-state index in [2.05, 4.69) is 10.3 Å². The van der Waals surface area contributed by atoms with Crippen LogP contribution in [-0.2, 0) is 14.3 Å². The molecule has 0 aromatic heterocycles. The van der Waals surface area contributed by atoms with Crippen LogP contribution in [0.5, 0.6) is 0 Å². The van der Waals surface area contributed by atoms with Crippen LogP contribution >= 0.6 is 11.8 Å². The average Bonchev–Trinajstić information content (AvgIpc) is 3.51. The summed E-state index contributed by atoms with van der Waals surface area (Å²) in [6.07, 6.45) is 2.45. The van der Waals surface area contributed by atoms with Crippen molar-refractivity contribution in [2.45, 2.75) is 32.2 Å². The van der Waals surface area contributed by atoms with Gasteiger partial charge in [0.25, 0.3) is 5.69 Å². The number of hydrogen-bond acceptors (Lipinski definition) is 8. The van der Waals surface area contributed by atoms with Gasteiger partial charge in [-0.25, -0.2) is 9.79 Å². The second kappa shape index (κ2) is 8.54. The number of benzene rings is 1. The summed E-state index contributed by atoms with van der Waals surface area (Å²) in [7, 11) is 1.30. The number of allylic oxidation sites excluding steroid dienone is 1. The van der Waals surface area contributed by atoms with Crippen molar-refractivity contribution in [3.05, 3.63) is 62.3 Å². The minimum absolute atomic E-state index is 0.0419. The third-order valence-corrected chi connectivity index (χ3v) is 6.34. The summed E-state index contributed by atoms with van der Waals surface area (Å²) in [6.45, 7) is 2.41. The number of fused-ring (bicyclic) bond motifs is 1. The molecule has 1 atom stereocenters. The summed E-state index contributed by atoms with van der Waals surface area (Å²) in [6, 6.07) is 5.45. The molecule has 2 aliphatic heterocycles. The first-order valence-electron chi connectivity index (χ1n) is 9.92. The van der Waals surface area contributed by atoms with Crippen molar-refractivity contribution >= 4 is 34.5 Å². The molecule has 0 radical (unpaired) electrons. The molecule has 1 aromatic rings. The van der Waals surface area contributed by atoms with Crippen LogP contribution in [0.4, 0.5) is 5.69 Å². The topological polar surface area (TPSA) is 114 Å². The number of amidine groups is 1. The van der Waals surface area contributed by atoms with Crippen LogP contribution in [0.2, 0.25) is 0 Å². The van der Waals surface area contributed by atoms with Crippen LogP contribution in [0.25, 0.3) is 0 Å². The number of rotatable bonds is 7. The predicted octanol–water partition coefficient (Wildman–Crippen LogP) is 3.26. The number of esters is 1. The van der Waals surface area contributed by atoms with Gasteiger partial charge in [0.15, 0.2) is 5.17 Å². The largest absolute Gasteiger partial charge is 0.466 e. The molecule has 0 spiro atoms. The third kappa shape index (κ3) is 4.34. The second-order valence-electron chi connectivity index (χ2n) is 7.66. The van der Waals surface area contributed by atoms with Crippen LogP contribution in [0.15, 0.2) is 51.6 Å². The van der Waals surface area contributed by atoms with Crippen molar-refractivity contribution in [1.29, 1.82) is 0 Å². The van der Waals surface area contributed by atoms with Gasteiger partial charge in [-0.3, -0.25) is 14.9 Å². The summed E-state index contributed by atoms with van der Waals surface area (Å²) in [5, 5.41) is 16.5. The lowest BCUT2D eigenvalue weighted by Crippen LogP contribution is -2.38. The number of amides is 1. The van der Waals surface area contributed by atoms with Gasteiger partial charge in [-0.1, -0.05) is 11.8 Å². The van der Waals surface area contributed by atoms with Crippen molar-refractivity contribution in [2.24, 2.45) is 10.9 Å². The van der Waals surface area contributed by atoms with E-state index < -0.39 is 16.9 Å². The number of thioether (sulfide) groups is 1. The lowest BCUT2D eigenvalue weighted by molar-refractivity contribution is -0.384. The molecule has 1 amide bonds. The van der Waals surface area contributed by atoms with Crippen molar-refractivity contribution in [3.8, 4) is 0 Å². The highest BCUT2D eigenvalue weighted by Gasteiger charge is 2.41. The fraction of sp³-hybridized carbons (Fsp3) is 0.381. The van der Waals surface area contributed by atoms with E-state index in [1.54, 1.807) is 19.1 Å². The Morgan fingerprint density at radius 3 is 2.65 bits per heavy atom. The normalized spacial score (nSPS) is 20.1. The van der Waals surface area contributed by atoms with Gasteiger partial charge in [0.2, 0.25) is 5.91 Å². The Kier molecular flexibility index (Phi) is 5.81. The molecule has 1 aliphatic carbocycles. The third-order valence-electron chi connectivity index (χ3n) is 5.45. The molecule has 0 bridgehead atoms. The fourth-order valence-corrected chi connectivity index (χ4v) is 4.61. The molecular weight excluding hydrogens is 420 g/mol. The highest BCUT2D eigenvalue weighted by Crippen LogP contribution is 2.45. The lowest BCUT2D eigenvalue weighted by atomic mass is 9.93. The minimum atomic E-state index is -0.599. The number of nitro benzene ring substituents is 1. The van der Waals surface area contributed by atoms with E-state index in [4.69, 9.17) is 4.74 Å². The average molecular weight is 442 g/mol. The van der Waals surface area contributed by atoms with Crippen molar-refractivity contribution in [3.63, 3.8) is 0 Å². The molecule has 3 aliphatic rings. The van der Waals surface area contributed by atoms with Crippen LogP contribution in [0.1, 0.15) is 37.8 Å². The molecule has 0 saturated heterocycles. The van der Waals surface area contributed by atoms with E-state index in [0.29, 0.717) is 40.2 Å². The smallest absolute Gasteiger partial charge is 0.338 e. The van der Waals surface area contributed by atoms with Crippen LogP contribution < -0.4 is 5.32 Å². The van der Waals surface area contributed by atoms with E-state index in [9.17, 15) is 19.7 Å². The Hall–Kier alpha value is -3.14. The van der Waals surface area contributed by atoms with Crippen molar-refractivity contribution in [2.75, 3.05) is 13.7 Å². The number of methoxy groups -OCH3 is 1. The zero-order valence-corrected chi connectivity index (χ0v) is 18.0. The highest BCUT2D eigenvalue weighted by molar-refractivity contribution is 8.16. The molecule has 1 fully saturated rings. The Balaban J connectivity index is 1.66. The number of aliphatic imine (C=N–C) groups is 1. The molecule has 1 aromatic carbocycles. The maximum Gasteiger partial charge on any atom is 0.338 e. The van der Waals surface area contributed by atoms with Gasteiger partial charge in [0, 0.05) is 24.4 Å². The zero-order chi connectivity index (χ0) is 22.1. The molecule has 4 rings (SSSR count). The monoisotopic (exact) mass is 442 g/mol. The minimum Gasteiger partial charge on any atom is -0.466 e. The van der Waals surface area contributed by atoms with E-state index >= 15 is 0 Å². The first-order valence-corrected chi connectivity index (χ1v) is 10.8. The number of nitrogens with zero attached hydrogens (tertiary/aromatic N) is 3. The van der Waals surface area contributed by atoms with Crippen molar-refractivity contribution in [1.82, 2.24) is 10.2 Å². The van der Waals surface area contributed by atoms with Gasteiger partial charge >= 0.3 is 5.97 Å². The van der Waals surface area contributed by atoms with Gasteiger partial charge < -0.3 is 15.0 Å².